The van der Waals surface area contributed by atoms with E-state index in [1.54, 1.807) is 7.11 Å². The second-order valence-corrected chi connectivity index (χ2v) is 5.08. The monoisotopic (exact) mass is 249 g/mol. The topological polar surface area (TPSA) is 41.5 Å². The summed E-state index contributed by atoms with van der Waals surface area (Å²) < 4.78 is 5.39. The third-order valence-corrected chi connectivity index (χ3v) is 3.83. The summed E-state index contributed by atoms with van der Waals surface area (Å²) in [5.74, 6) is 1.59. The van der Waals surface area contributed by atoms with Crippen molar-refractivity contribution < 1.29 is 9.84 Å². The number of nitrogens with one attached hydrogen (secondary N) is 1. The van der Waals surface area contributed by atoms with Crippen LogP contribution in [0.2, 0.25) is 0 Å². The first kappa shape index (κ1) is 13.4. The van der Waals surface area contributed by atoms with Gasteiger partial charge in [0.05, 0.1) is 13.2 Å². The average molecular weight is 249 g/mol. The van der Waals surface area contributed by atoms with Crippen LogP contribution in [0.25, 0.3) is 0 Å². The van der Waals surface area contributed by atoms with Crippen molar-refractivity contribution >= 4 is 0 Å². The Kier molecular flexibility index (Phi) is 4.61. The molecular weight excluding hydrogens is 226 g/mol. The van der Waals surface area contributed by atoms with Crippen LogP contribution in [-0.2, 0) is 0 Å². The van der Waals surface area contributed by atoms with Gasteiger partial charge in [-0.1, -0.05) is 25.1 Å². The summed E-state index contributed by atoms with van der Waals surface area (Å²) in [4.78, 5) is 0. The lowest BCUT2D eigenvalue weighted by Gasteiger charge is -2.37. The zero-order valence-electron chi connectivity index (χ0n) is 11.2. The van der Waals surface area contributed by atoms with E-state index >= 15 is 0 Å². The van der Waals surface area contributed by atoms with Gasteiger partial charge in [0.2, 0.25) is 0 Å². The van der Waals surface area contributed by atoms with Crippen LogP contribution < -0.4 is 10.1 Å². The third kappa shape index (κ3) is 3.03. The number of benzene rings is 1. The predicted octanol–water partition coefficient (Wildman–Crippen LogP) is 2.30. The molecule has 0 saturated heterocycles. The van der Waals surface area contributed by atoms with Crippen LogP contribution in [0.3, 0.4) is 0 Å². The van der Waals surface area contributed by atoms with E-state index in [9.17, 15) is 5.11 Å². The van der Waals surface area contributed by atoms with Crippen LogP contribution in [-0.4, -0.2) is 30.9 Å². The Morgan fingerprint density at radius 1 is 1.39 bits per heavy atom. The summed E-state index contributed by atoms with van der Waals surface area (Å²) in [7, 11) is 1.73. The summed E-state index contributed by atoms with van der Waals surface area (Å²) in [6.07, 6.45) is 2.87. The number of hydrogen-bond acceptors (Lipinski definition) is 3. The van der Waals surface area contributed by atoms with Crippen molar-refractivity contribution in [3.8, 4) is 5.75 Å². The number of ether oxygens (including phenoxy) is 1. The average Bonchev–Trinajstić information content (AvgIpc) is 2.37. The minimum atomic E-state index is -0.213. The summed E-state index contributed by atoms with van der Waals surface area (Å²) >= 11 is 0. The highest BCUT2D eigenvalue weighted by Gasteiger charge is 2.31. The number of aliphatic hydroxyl groups is 1. The molecule has 0 bridgehead atoms. The van der Waals surface area contributed by atoms with Crippen LogP contribution in [0, 0.1) is 0 Å². The van der Waals surface area contributed by atoms with E-state index in [4.69, 9.17) is 4.74 Å². The van der Waals surface area contributed by atoms with E-state index in [-0.39, 0.29) is 6.10 Å². The van der Waals surface area contributed by atoms with Crippen molar-refractivity contribution in [3.05, 3.63) is 29.8 Å². The highest BCUT2D eigenvalue weighted by atomic mass is 16.5. The summed E-state index contributed by atoms with van der Waals surface area (Å²) in [5, 5.41) is 12.9. The molecule has 0 aliphatic heterocycles. The maximum Gasteiger partial charge on any atom is 0.122 e. The molecule has 1 aromatic carbocycles. The summed E-state index contributed by atoms with van der Waals surface area (Å²) in [5.41, 5.74) is 1.31. The van der Waals surface area contributed by atoms with Gasteiger partial charge < -0.3 is 15.2 Å². The molecule has 0 radical (unpaired) electrons. The number of para-hydroxylation sites is 1. The van der Waals surface area contributed by atoms with Crippen LogP contribution in [0.1, 0.15) is 37.7 Å². The molecule has 18 heavy (non-hydrogen) atoms. The number of methoxy groups -OCH3 is 1. The lowest BCUT2D eigenvalue weighted by molar-refractivity contribution is 0.151. The zero-order valence-corrected chi connectivity index (χ0v) is 11.2. The van der Waals surface area contributed by atoms with Crippen LogP contribution >= 0.6 is 0 Å². The van der Waals surface area contributed by atoms with Gasteiger partial charge in [0.25, 0.3) is 0 Å². The molecule has 3 heteroatoms. The van der Waals surface area contributed by atoms with Gasteiger partial charge in [-0.25, -0.2) is 0 Å². The Bertz CT molecular complexity index is 375. The molecule has 2 N–H and O–H groups in total. The fourth-order valence-corrected chi connectivity index (χ4v) is 2.49. The van der Waals surface area contributed by atoms with Crippen molar-refractivity contribution in [2.24, 2.45) is 0 Å². The van der Waals surface area contributed by atoms with Crippen LogP contribution in [0.5, 0.6) is 5.75 Å². The molecule has 1 saturated carbocycles. The van der Waals surface area contributed by atoms with Gasteiger partial charge in [0, 0.05) is 12.6 Å². The molecule has 100 valence electrons. The summed E-state index contributed by atoms with van der Waals surface area (Å²) in [6, 6.07) is 8.80. The lowest BCUT2D eigenvalue weighted by Crippen LogP contribution is -2.43. The van der Waals surface area contributed by atoms with Crippen molar-refractivity contribution in [1.82, 2.24) is 5.32 Å². The number of hydrogen-bond donors (Lipinski definition) is 2. The molecule has 2 rings (SSSR count). The second-order valence-electron chi connectivity index (χ2n) is 5.08. The van der Waals surface area contributed by atoms with E-state index in [0.717, 1.165) is 25.0 Å². The Hall–Kier alpha value is -1.06. The van der Waals surface area contributed by atoms with Crippen molar-refractivity contribution in [2.45, 2.75) is 44.2 Å². The van der Waals surface area contributed by atoms with Crippen molar-refractivity contribution in [2.75, 3.05) is 13.7 Å². The van der Waals surface area contributed by atoms with E-state index in [1.807, 2.05) is 19.1 Å². The maximum atomic E-state index is 9.51. The molecule has 1 aliphatic carbocycles. The van der Waals surface area contributed by atoms with E-state index in [0.29, 0.717) is 18.5 Å². The Morgan fingerprint density at radius 2 is 2.11 bits per heavy atom. The fourth-order valence-electron chi connectivity index (χ4n) is 2.49. The number of aliphatic hydroxyl groups excluding tert-OH is 1. The normalized spacial score (nSPS) is 24.4. The molecule has 0 heterocycles. The predicted molar refractivity (Wildman–Crippen MR) is 73.1 cm³/mol. The fraction of sp³-hybridized carbons (Fsp3) is 0.600. The quantitative estimate of drug-likeness (QED) is 0.813. The Morgan fingerprint density at radius 3 is 2.78 bits per heavy atom. The van der Waals surface area contributed by atoms with Gasteiger partial charge in [-0.3, -0.25) is 0 Å². The van der Waals surface area contributed by atoms with E-state index < -0.39 is 0 Å². The molecular formula is C15H23NO2. The van der Waals surface area contributed by atoms with Gasteiger partial charge in [0.1, 0.15) is 5.75 Å². The van der Waals surface area contributed by atoms with Crippen LogP contribution in [0.4, 0.5) is 0 Å². The van der Waals surface area contributed by atoms with Crippen molar-refractivity contribution in [1.29, 1.82) is 0 Å². The van der Waals surface area contributed by atoms with Gasteiger partial charge in [0.15, 0.2) is 0 Å². The van der Waals surface area contributed by atoms with Crippen LogP contribution in [0.15, 0.2) is 24.3 Å². The molecule has 1 fully saturated rings. The zero-order chi connectivity index (χ0) is 13.0. The first-order valence-electron chi connectivity index (χ1n) is 6.79. The molecule has 0 aromatic heterocycles. The molecule has 1 unspecified atom stereocenters. The largest absolute Gasteiger partial charge is 0.496 e. The smallest absolute Gasteiger partial charge is 0.122 e. The van der Waals surface area contributed by atoms with Crippen molar-refractivity contribution in [3.63, 3.8) is 0 Å². The first-order valence-corrected chi connectivity index (χ1v) is 6.79. The Balaban J connectivity index is 1.81. The Labute approximate surface area is 109 Å². The minimum Gasteiger partial charge on any atom is -0.496 e. The molecule has 1 aromatic rings. The maximum absolute atomic E-state index is 9.51. The molecule has 0 amide bonds. The minimum absolute atomic E-state index is 0.213. The SMILES string of the molecule is CCC(O)CNC1CC(c2ccccc2OC)C1. The van der Waals surface area contributed by atoms with Gasteiger partial charge >= 0.3 is 0 Å². The highest BCUT2D eigenvalue weighted by molar-refractivity contribution is 5.37. The first-order chi connectivity index (χ1) is 8.74. The number of rotatable bonds is 6. The standard InChI is InChI=1S/C15H23NO2/c1-3-13(17)10-16-12-8-11(9-12)14-6-4-5-7-15(14)18-2/h4-7,11-13,16-17H,3,8-10H2,1-2H3. The van der Waals surface area contributed by atoms with E-state index in [1.165, 1.54) is 5.56 Å². The molecule has 1 aliphatic rings. The molecule has 3 nitrogen and oxygen atoms in total. The van der Waals surface area contributed by atoms with E-state index in [2.05, 4.69) is 17.4 Å². The molecule has 0 spiro atoms. The summed E-state index contributed by atoms with van der Waals surface area (Å²) in [6.45, 7) is 2.71. The highest BCUT2D eigenvalue weighted by Crippen LogP contribution is 2.40. The second kappa shape index (κ2) is 6.21. The van der Waals surface area contributed by atoms with Gasteiger partial charge in [-0.2, -0.15) is 0 Å². The third-order valence-electron chi connectivity index (χ3n) is 3.83. The molecule has 1 atom stereocenters. The van der Waals surface area contributed by atoms with Gasteiger partial charge in [-0.05, 0) is 36.8 Å². The lowest BCUT2D eigenvalue weighted by atomic mass is 9.75. The van der Waals surface area contributed by atoms with Gasteiger partial charge in [-0.15, -0.1) is 0 Å².